The fraction of sp³-hybridized carbons (Fsp3) is 0.333. The van der Waals surface area contributed by atoms with Crippen molar-refractivity contribution in [2.45, 2.75) is 18.9 Å². The Kier molecular flexibility index (Phi) is 6.08. The fourth-order valence-electron chi connectivity index (χ4n) is 3.37. The van der Waals surface area contributed by atoms with E-state index < -0.39 is 0 Å². The Morgan fingerprint density at radius 1 is 1.11 bits per heavy atom. The molecule has 0 aromatic heterocycles. The maximum absolute atomic E-state index is 12.7. The number of benzene rings is 2. The van der Waals surface area contributed by atoms with Gasteiger partial charge in [0, 0.05) is 24.7 Å². The summed E-state index contributed by atoms with van der Waals surface area (Å²) in [5.41, 5.74) is 7.84. The van der Waals surface area contributed by atoms with Gasteiger partial charge in [-0.1, -0.05) is 24.3 Å². The van der Waals surface area contributed by atoms with Crippen molar-refractivity contribution >= 4 is 11.8 Å². The number of nitrogens with one attached hydrogen (secondary N) is 1. The topological polar surface area (TPSA) is 84.7 Å². The number of nitrogens with two attached hydrogens (primary N) is 1. The van der Waals surface area contributed by atoms with Crippen LogP contribution in [0, 0.1) is 0 Å². The summed E-state index contributed by atoms with van der Waals surface area (Å²) in [6.07, 6.45) is 1.63. The number of nitrogens with zero attached hydrogens (tertiary/aromatic N) is 1. The molecule has 6 nitrogen and oxygen atoms in total. The van der Waals surface area contributed by atoms with Crippen LogP contribution >= 0.6 is 0 Å². The van der Waals surface area contributed by atoms with Crippen LogP contribution in [0.1, 0.15) is 23.2 Å². The number of carbonyl (C=O) groups excluding carboxylic acids is 2. The Balaban J connectivity index is 1.63. The Bertz CT molecular complexity index is 814. The molecule has 1 aliphatic rings. The number of ether oxygens (including phenoxy) is 1. The van der Waals surface area contributed by atoms with Gasteiger partial charge in [-0.25, -0.2) is 0 Å². The third-order valence-corrected chi connectivity index (χ3v) is 4.83. The highest BCUT2D eigenvalue weighted by Gasteiger charge is 2.22. The van der Waals surface area contributed by atoms with Crippen LogP contribution in [0.2, 0.25) is 0 Å². The highest BCUT2D eigenvalue weighted by atomic mass is 16.5. The van der Waals surface area contributed by atoms with E-state index in [9.17, 15) is 9.59 Å². The fourth-order valence-corrected chi connectivity index (χ4v) is 3.37. The first-order chi connectivity index (χ1) is 13.0. The van der Waals surface area contributed by atoms with Crippen molar-refractivity contribution in [1.82, 2.24) is 10.2 Å². The van der Waals surface area contributed by atoms with E-state index in [4.69, 9.17) is 10.5 Å². The molecule has 0 radical (unpaired) electrons. The summed E-state index contributed by atoms with van der Waals surface area (Å²) in [6, 6.07) is 15.5. The van der Waals surface area contributed by atoms with Gasteiger partial charge in [-0.2, -0.15) is 0 Å². The molecule has 0 saturated carbocycles. The van der Waals surface area contributed by atoms with Crippen LogP contribution in [0.15, 0.2) is 48.5 Å². The molecule has 6 heteroatoms. The second kappa shape index (κ2) is 8.68. The van der Waals surface area contributed by atoms with Crippen molar-refractivity contribution in [2.24, 2.45) is 5.73 Å². The third-order valence-electron chi connectivity index (χ3n) is 4.83. The van der Waals surface area contributed by atoms with Crippen LogP contribution in [0.25, 0.3) is 11.1 Å². The largest absolute Gasteiger partial charge is 0.497 e. The van der Waals surface area contributed by atoms with Gasteiger partial charge in [-0.05, 0) is 48.2 Å². The van der Waals surface area contributed by atoms with E-state index in [0.29, 0.717) is 5.56 Å². The van der Waals surface area contributed by atoms with Gasteiger partial charge < -0.3 is 15.8 Å². The van der Waals surface area contributed by atoms with Gasteiger partial charge in [-0.15, -0.1) is 0 Å². The third kappa shape index (κ3) is 5.08. The summed E-state index contributed by atoms with van der Waals surface area (Å²) in [5.74, 6) is 0.394. The second-order valence-electron chi connectivity index (χ2n) is 6.80. The molecule has 1 fully saturated rings. The zero-order valence-electron chi connectivity index (χ0n) is 15.5. The molecule has 0 aliphatic carbocycles. The summed E-state index contributed by atoms with van der Waals surface area (Å²) >= 11 is 0. The SMILES string of the molecule is COc1cccc(-c2cccc(C(=O)NC3CCN(CC(N)=O)CC3)c2)c1. The van der Waals surface area contributed by atoms with Gasteiger partial charge in [0.1, 0.15) is 5.75 Å². The molecule has 1 aliphatic heterocycles. The van der Waals surface area contributed by atoms with Crippen molar-refractivity contribution in [3.8, 4) is 16.9 Å². The zero-order valence-corrected chi connectivity index (χ0v) is 15.5. The van der Waals surface area contributed by atoms with Crippen LogP contribution < -0.4 is 15.8 Å². The molecular weight excluding hydrogens is 342 g/mol. The lowest BCUT2D eigenvalue weighted by Gasteiger charge is -2.31. The number of amides is 2. The molecule has 1 saturated heterocycles. The number of rotatable bonds is 6. The Morgan fingerprint density at radius 3 is 2.44 bits per heavy atom. The average molecular weight is 367 g/mol. The first-order valence-corrected chi connectivity index (χ1v) is 9.11. The minimum absolute atomic E-state index is 0.0758. The molecule has 3 N–H and O–H groups in total. The van der Waals surface area contributed by atoms with Gasteiger partial charge in [-0.3, -0.25) is 14.5 Å². The first-order valence-electron chi connectivity index (χ1n) is 9.11. The van der Waals surface area contributed by atoms with E-state index in [1.807, 2.05) is 53.4 Å². The van der Waals surface area contributed by atoms with Gasteiger partial charge in [0.25, 0.3) is 5.91 Å². The molecule has 3 rings (SSSR count). The van der Waals surface area contributed by atoms with Crippen molar-refractivity contribution in [1.29, 1.82) is 0 Å². The molecule has 0 spiro atoms. The number of likely N-dealkylation sites (tertiary alicyclic amines) is 1. The summed E-state index contributed by atoms with van der Waals surface area (Å²) in [4.78, 5) is 25.7. The van der Waals surface area contributed by atoms with Crippen molar-refractivity contribution in [2.75, 3.05) is 26.7 Å². The number of carbonyl (C=O) groups is 2. The maximum Gasteiger partial charge on any atom is 0.251 e. The monoisotopic (exact) mass is 367 g/mol. The van der Waals surface area contributed by atoms with Crippen LogP contribution in [0.5, 0.6) is 5.75 Å². The van der Waals surface area contributed by atoms with Gasteiger partial charge >= 0.3 is 0 Å². The van der Waals surface area contributed by atoms with Crippen molar-refractivity contribution in [3.05, 3.63) is 54.1 Å². The predicted octanol–water partition coefficient (Wildman–Crippen LogP) is 2.04. The van der Waals surface area contributed by atoms with Crippen LogP contribution in [0.3, 0.4) is 0 Å². The standard InChI is InChI=1S/C21H25N3O3/c1-27-19-7-3-5-16(13-19)15-4-2-6-17(12-15)21(26)23-18-8-10-24(11-9-18)14-20(22)25/h2-7,12-13,18H,8-11,14H2,1H3,(H2,22,25)(H,23,26). The van der Waals surface area contributed by atoms with Crippen molar-refractivity contribution in [3.63, 3.8) is 0 Å². The summed E-state index contributed by atoms with van der Waals surface area (Å²) in [6.45, 7) is 1.80. The molecule has 1 heterocycles. The van der Waals surface area contributed by atoms with E-state index in [-0.39, 0.29) is 24.4 Å². The Morgan fingerprint density at radius 2 is 1.78 bits per heavy atom. The molecule has 0 bridgehead atoms. The Labute approximate surface area is 159 Å². The van der Waals surface area contributed by atoms with Crippen LogP contribution in [-0.4, -0.2) is 49.5 Å². The summed E-state index contributed by atoms with van der Waals surface area (Å²) in [7, 11) is 1.64. The van der Waals surface area contributed by atoms with Gasteiger partial charge in [0.2, 0.25) is 5.91 Å². The lowest BCUT2D eigenvalue weighted by atomic mass is 10.0. The number of primary amides is 1. The quantitative estimate of drug-likeness (QED) is 0.818. The number of hydrogen-bond acceptors (Lipinski definition) is 4. The first kappa shape index (κ1) is 18.9. The number of hydrogen-bond donors (Lipinski definition) is 2. The molecule has 2 amide bonds. The van der Waals surface area contributed by atoms with Crippen molar-refractivity contribution < 1.29 is 14.3 Å². The smallest absolute Gasteiger partial charge is 0.251 e. The van der Waals surface area contributed by atoms with Crippen LogP contribution in [0.4, 0.5) is 0 Å². The zero-order chi connectivity index (χ0) is 19.2. The highest BCUT2D eigenvalue weighted by molar-refractivity contribution is 5.95. The second-order valence-corrected chi connectivity index (χ2v) is 6.80. The highest BCUT2D eigenvalue weighted by Crippen LogP contribution is 2.24. The normalized spacial score (nSPS) is 15.3. The minimum atomic E-state index is -0.313. The van der Waals surface area contributed by atoms with E-state index in [1.165, 1.54) is 0 Å². The Hall–Kier alpha value is -2.86. The van der Waals surface area contributed by atoms with E-state index in [0.717, 1.165) is 42.8 Å². The molecule has 27 heavy (non-hydrogen) atoms. The molecule has 0 unspecified atom stereocenters. The van der Waals surface area contributed by atoms with Crippen LogP contribution in [-0.2, 0) is 4.79 Å². The van der Waals surface area contributed by atoms with E-state index in [2.05, 4.69) is 5.32 Å². The summed E-state index contributed by atoms with van der Waals surface area (Å²) < 4.78 is 5.28. The maximum atomic E-state index is 12.7. The molecule has 0 atom stereocenters. The number of piperidine rings is 1. The van der Waals surface area contributed by atoms with E-state index >= 15 is 0 Å². The lowest BCUT2D eigenvalue weighted by Crippen LogP contribution is -2.46. The molecule has 142 valence electrons. The van der Waals surface area contributed by atoms with Gasteiger partial charge in [0.05, 0.1) is 13.7 Å². The molecule has 2 aromatic rings. The lowest BCUT2D eigenvalue weighted by molar-refractivity contribution is -0.119. The average Bonchev–Trinajstić information content (AvgIpc) is 2.69. The molecular formula is C21H25N3O3. The summed E-state index contributed by atoms with van der Waals surface area (Å²) in [5, 5.41) is 3.10. The number of methoxy groups -OCH3 is 1. The predicted molar refractivity (Wildman–Crippen MR) is 105 cm³/mol. The van der Waals surface area contributed by atoms with Gasteiger partial charge in [0.15, 0.2) is 0 Å². The minimum Gasteiger partial charge on any atom is -0.497 e. The molecule has 2 aromatic carbocycles. The van der Waals surface area contributed by atoms with E-state index in [1.54, 1.807) is 7.11 Å².